The second-order valence-electron chi connectivity index (χ2n) is 15.5. The molecule has 9 aromatic rings. The molecule has 0 saturated heterocycles. The molecule has 0 atom stereocenters. The molecule has 264 valence electrons. The van der Waals surface area contributed by atoms with Crippen LogP contribution in [0.3, 0.4) is 0 Å². The lowest BCUT2D eigenvalue weighted by atomic mass is 9.64. The number of benzene rings is 8. The van der Waals surface area contributed by atoms with Crippen molar-refractivity contribution in [2.75, 3.05) is 4.90 Å². The molecule has 1 aromatic heterocycles. The number of fused-ring (bicyclic) bond motifs is 3. The van der Waals surface area contributed by atoms with Crippen molar-refractivity contribution in [3.63, 3.8) is 0 Å². The minimum Gasteiger partial charge on any atom is -0.455 e. The zero-order valence-corrected chi connectivity index (χ0v) is 33.9. The van der Waals surface area contributed by atoms with Gasteiger partial charge in [0.25, 0.3) is 0 Å². The minimum absolute atomic E-state index is 0.929. The van der Waals surface area contributed by atoms with Crippen molar-refractivity contribution in [3.8, 4) is 44.5 Å². The first-order chi connectivity index (χ1) is 27.7. The highest BCUT2D eigenvalue weighted by Gasteiger charge is 2.26. The van der Waals surface area contributed by atoms with E-state index in [0.717, 1.165) is 28.2 Å². The van der Waals surface area contributed by atoms with Crippen LogP contribution >= 0.6 is 0 Å². The lowest BCUT2D eigenvalue weighted by Crippen LogP contribution is -2.48. The lowest BCUT2D eigenvalue weighted by Gasteiger charge is -2.29. The smallest absolute Gasteiger partial charge is 0.158 e. The van der Waals surface area contributed by atoms with Gasteiger partial charge in [0.05, 0.1) is 5.69 Å². The third-order valence-electron chi connectivity index (χ3n) is 12.5. The summed E-state index contributed by atoms with van der Waals surface area (Å²) in [6, 6.07) is 56.8. The topological polar surface area (TPSA) is 16.4 Å². The summed E-state index contributed by atoms with van der Waals surface area (Å²) in [7, 11) is 15.7. The van der Waals surface area contributed by atoms with E-state index in [1.807, 2.05) is 0 Å². The van der Waals surface area contributed by atoms with Gasteiger partial charge in [-0.1, -0.05) is 166 Å². The summed E-state index contributed by atoms with van der Waals surface area (Å²) in [5.74, 6) is 0. The SMILES string of the molecule is Bc1c(B)c(B)c2c(oc3c(N(c4ccc(-c5ccccc5-c5ccccc5)cc4)c4ccc(-c5ccccc5-c5ccccc5)cc4)c(B)c(B)c(B)c32)c1B. The Morgan fingerprint density at radius 2 is 0.632 bits per heavy atom. The fourth-order valence-electron chi connectivity index (χ4n) is 8.78. The van der Waals surface area contributed by atoms with Crippen LogP contribution in [0.4, 0.5) is 17.1 Å². The normalized spacial score (nSPS) is 11.3. The summed E-state index contributed by atoms with van der Waals surface area (Å²) in [5.41, 5.74) is 23.7. The van der Waals surface area contributed by atoms with E-state index in [2.05, 4.69) is 218 Å². The van der Waals surface area contributed by atoms with Crippen LogP contribution in [0.2, 0.25) is 0 Å². The van der Waals surface area contributed by atoms with Crippen LogP contribution in [0.25, 0.3) is 66.4 Å². The summed E-state index contributed by atoms with van der Waals surface area (Å²) in [4.78, 5) is 2.41. The van der Waals surface area contributed by atoms with Crippen molar-refractivity contribution in [3.05, 3.63) is 158 Å². The van der Waals surface area contributed by atoms with E-state index < -0.39 is 0 Å². The zero-order chi connectivity index (χ0) is 39.4. The summed E-state index contributed by atoms with van der Waals surface area (Å²) < 4.78 is 7.15. The molecular weight excluding hydrogens is 682 g/mol. The summed E-state index contributed by atoms with van der Waals surface area (Å²) in [6.07, 6.45) is 0. The molecule has 1 heterocycles. The quantitative estimate of drug-likeness (QED) is 0.233. The van der Waals surface area contributed by atoms with Crippen molar-refractivity contribution in [2.24, 2.45) is 0 Å². The predicted molar refractivity (Wildman–Crippen MR) is 267 cm³/mol. The largest absolute Gasteiger partial charge is 0.455 e. The van der Waals surface area contributed by atoms with Crippen LogP contribution in [-0.2, 0) is 0 Å². The highest BCUT2D eigenvalue weighted by Crippen LogP contribution is 2.42. The van der Waals surface area contributed by atoms with Gasteiger partial charge in [0.15, 0.2) is 5.58 Å². The molecule has 8 aromatic carbocycles. The maximum atomic E-state index is 7.15. The molecule has 0 unspecified atom stereocenters. The van der Waals surface area contributed by atoms with Crippen molar-refractivity contribution in [1.82, 2.24) is 0 Å². The van der Waals surface area contributed by atoms with Gasteiger partial charge in [0.2, 0.25) is 0 Å². The Morgan fingerprint density at radius 3 is 1.05 bits per heavy atom. The second kappa shape index (κ2) is 14.7. The van der Waals surface area contributed by atoms with E-state index in [4.69, 9.17) is 4.42 Å². The first-order valence-corrected chi connectivity index (χ1v) is 19.9. The van der Waals surface area contributed by atoms with E-state index in [0.29, 0.717) is 0 Å². The van der Waals surface area contributed by atoms with Crippen LogP contribution < -0.4 is 43.1 Å². The Morgan fingerprint density at radius 1 is 0.298 bits per heavy atom. The number of rotatable bonds is 7. The third-order valence-corrected chi connectivity index (χ3v) is 12.5. The fraction of sp³-hybridized carbons (Fsp3) is 0. The van der Waals surface area contributed by atoms with Crippen LogP contribution in [0, 0.1) is 0 Å². The highest BCUT2D eigenvalue weighted by atomic mass is 16.3. The number of anilines is 3. The molecule has 9 heteroatoms. The Hall–Kier alpha value is -6.19. The number of hydrogen-bond donors (Lipinski definition) is 0. The number of hydrogen-bond acceptors (Lipinski definition) is 2. The van der Waals surface area contributed by atoms with Crippen LogP contribution in [0.1, 0.15) is 0 Å². The van der Waals surface area contributed by atoms with E-state index in [9.17, 15) is 0 Å². The number of furan rings is 1. The van der Waals surface area contributed by atoms with Gasteiger partial charge in [-0.3, -0.25) is 0 Å². The van der Waals surface area contributed by atoms with Crippen LogP contribution in [0.5, 0.6) is 0 Å². The van der Waals surface area contributed by atoms with Gasteiger partial charge < -0.3 is 9.32 Å². The van der Waals surface area contributed by atoms with Crippen molar-refractivity contribution in [1.29, 1.82) is 0 Å². The number of nitrogens with zero attached hydrogens (tertiary/aromatic N) is 1. The van der Waals surface area contributed by atoms with Gasteiger partial charge in [-0.25, -0.2) is 0 Å². The van der Waals surface area contributed by atoms with Gasteiger partial charge in [-0.05, 0) is 68.8 Å². The van der Waals surface area contributed by atoms with Gasteiger partial charge >= 0.3 is 0 Å². The van der Waals surface area contributed by atoms with Gasteiger partial charge in [-0.15, -0.1) is 5.46 Å². The molecule has 0 aliphatic carbocycles. The molecule has 9 rings (SSSR count). The van der Waals surface area contributed by atoms with E-state index in [1.54, 1.807) is 0 Å². The third kappa shape index (κ3) is 6.17. The Balaban J connectivity index is 1.26. The molecule has 0 fully saturated rings. The predicted octanol–water partition coefficient (Wildman–Crippen LogP) is 1.53. The molecule has 0 bridgehead atoms. The first kappa shape index (κ1) is 36.5. The molecule has 0 amide bonds. The van der Waals surface area contributed by atoms with Crippen molar-refractivity contribution < 1.29 is 4.42 Å². The van der Waals surface area contributed by atoms with Crippen molar-refractivity contribution >= 4 is 132 Å². The molecule has 57 heavy (non-hydrogen) atoms. The molecule has 0 saturated carbocycles. The maximum absolute atomic E-state index is 7.15. The molecular formula is C48H40B7NO. The fourth-order valence-corrected chi connectivity index (χ4v) is 8.78. The molecule has 0 spiro atoms. The summed E-state index contributed by atoms with van der Waals surface area (Å²) in [5, 5.41) is 2.44. The zero-order valence-electron chi connectivity index (χ0n) is 33.9. The molecule has 0 N–H and O–H groups in total. The average Bonchev–Trinajstić information content (AvgIpc) is 3.67. The van der Waals surface area contributed by atoms with Crippen LogP contribution in [0.15, 0.2) is 162 Å². The molecule has 2 nitrogen and oxygen atoms in total. The molecule has 0 radical (unpaired) electrons. The summed E-state index contributed by atoms with van der Waals surface area (Å²) in [6.45, 7) is 0. The average molecular weight is 723 g/mol. The van der Waals surface area contributed by atoms with Crippen molar-refractivity contribution in [2.45, 2.75) is 0 Å². The van der Waals surface area contributed by atoms with Gasteiger partial charge in [0.1, 0.15) is 60.5 Å². The Kier molecular flexibility index (Phi) is 9.41. The van der Waals surface area contributed by atoms with E-state index in [1.165, 1.54) is 93.5 Å². The minimum atomic E-state index is 0.929. The lowest BCUT2D eigenvalue weighted by molar-refractivity contribution is 0.672. The maximum Gasteiger partial charge on any atom is 0.158 e. The monoisotopic (exact) mass is 723 g/mol. The van der Waals surface area contributed by atoms with E-state index >= 15 is 0 Å². The van der Waals surface area contributed by atoms with Gasteiger partial charge in [0, 0.05) is 22.1 Å². The Labute approximate surface area is 342 Å². The van der Waals surface area contributed by atoms with Gasteiger partial charge in [-0.2, -0.15) is 0 Å². The summed E-state index contributed by atoms with van der Waals surface area (Å²) >= 11 is 0. The first-order valence-electron chi connectivity index (χ1n) is 19.9. The van der Waals surface area contributed by atoms with E-state index in [-0.39, 0.29) is 0 Å². The standard InChI is InChI=1S/C48H40B7NO/c49-39-37-38-40(50)42(52)44(54)46(48(38)57-47(37)45(55)43(53)41(39)51)56(31-23-19-29(20-24-31)35-17-9-7-15-33(35)27-11-3-1-4-12-27)32-25-21-30(22-26-32)36-18-10-8-16-34(36)28-13-5-2-6-14-28/h1-26H,49-55H2. The second-order valence-corrected chi connectivity index (χ2v) is 15.5. The Bertz CT molecular complexity index is 2840. The molecule has 0 aliphatic rings. The highest BCUT2D eigenvalue weighted by molar-refractivity contribution is 6.69. The van der Waals surface area contributed by atoms with Crippen LogP contribution in [-0.4, -0.2) is 54.9 Å². The molecule has 0 aliphatic heterocycles.